The number of amides is 1. The molecule has 122 valence electrons. The number of nitrogens with zero attached hydrogens (tertiary/aromatic N) is 4. The molecule has 0 spiro atoms. The summed E-state index contributed by atoms with van der Waals surface area (Å²) in [5.74, 6) is 1.66. The molecule has 0 bridgehead atoms. The van der Waals surface area contributed by atoms with Gasteiger partial charge in [-0.15, -0.1) is 0 Å². The van der Waals surface area contributed by atoms with Crippen LogP contribution in [0.25, 0.3) is 0 Å². The minimum atomic E-state index is -0.104. The van der Waals surface area contributed by atoms with Crippen LogP contribution in [0.3, 0.4) is 0 Å². The normalized spacial score (nSPS) is 15.0. The summed E-state index contributed by atoms with van der Waals surface area (Å²) in [6.45, 7) is 2.92. The van der Waals surface area contributed by atoms with Gasteiger partial charge < -0.3 is 19.0 Å². The smallest absolute Gasteiger partial charge is 0.289 e. The Morgan fingerprint density at radius 2 is 2.09 bits per heavy atom. The molecule has 3 heterocycles. The summed E-state index contributed by atoms with van der Waals surface area (Å²) in [6.07, 6.45) is 1.44. The van der Waals surface area contributed by atoms with Gasteiger partial charge in [-0.25, -0.2) is 9.97 Å². The van der Waals surface area contributed by atoms with E-state index in [-0.39, 0.29) is 5.91 Å². The first-order valence-electron chi connectivity index (χ1n) is 7.27. The lowest BCUT2D eigenvalue weighted by Crippen LogP contribution is -2.49. The van der Waals surface area contributed by atoms with Crippen molar-refractivity contribution in [2.75, 3.05) is 38.2 Å². The maximum absolute atomic E-state index is 12.4. The molecule has 0 atom stereocenters. The van der Waals surface area contributed by atoms with Gasteiger partial charge in [-0.05, 0) is 12.1 Å². The first-order chi connectivity index (χ1) is 11.2. The zero-order chi connectivity index (χ0) is 16.2. The van der Waals surface area contributed by atoms with E-state index in [0.717, 1.165) is 5.82 Å². The van der Waals surface area contributed by atoms with Crippen LogP contribution in [0.2, 0.25) is 5.15 Å². The SMILES string of the molecule is COCc1ccc(C(=O)N2CCN(c3cc(Cl)ncn3)CC2)o1. The van der Waals surface area contributed by atoms with Crippen molar-refractivity contribution in [3.63, 3.8) is 0 Å². The number of hydrogen-bond acceptors (Lipinski definition) is 6. The van der Waals surface area contributed by atoms with E-state index in [1.54, 1.807) is 30.2 Å². The van der Waals surface area contributed by atoms with E-state index in [2.05, 4.69) is 14.9 Å². The number of furan rings is 1. The second-order valence-electron chi connectivity index (χ2n) is 5.18. The van der Waals surface area contributed by atoms with Crippen LogP contribution < -0.4 is 4.90 Å². The molecule has 7 nitrogen and oxygen atoms in total. The number of hydrogen-bond donors (Lipinski definition) is 0. The molecule has 1 saturated heterocycles. The second kappa shape index (κ2) is 6.97. The van der Waals surface area contributed by atoms with Gasteiger partial charge in [0.15, 0.2) is 5.76 Å². The van der Waals surface area contributed by atoms with Crippen LogP contribution in [-0.4, -0.2) is 54.1 Å². The van der Waals surface area contributed by atoms with Crippen molar-refractivity contribution in [2.24, 2.45) is 0 Å². The maximum atomic E-state index is 12.4. The molecule has 23 heavy (non-hydrogen) atoms. The quantitative estimate of drug-likeness (QED) is 0.793. The molecule has 0 aromatic carbocycles. The minimum absolute atomic E-state index is 0.104. The number of ether oxygens (including phenoxy) is 1. The van der Waals surface area contributed by atoms with Crippen molar-refractivity contribution in [3.05, 3.63) is 41.2 Å². The molecule has 1 fully saturated rings. The Bertz CT molecular complexity index is 683. The Morgan fingerprint density at radius 3 is 2.78 bits per heavy atom. The average Bonchev–Trinajstić information content (AvgIpc) is 3.03. The molecule has 3 rings (SSSR count). The van der Waals surface area contributed by atoms with Crippen LogP contribution in [0.1, 0.15) is 16.3 Å². The third-order valence-electron chi connectivity index (χ3n) is 3.67. The molecule has 1 aliphatic heterocycles. The largest absolute Gasteiger partial charge is 0.453 e. The first-order valence-corrected chi connectivity index (χ1v) is 7.64. The highest BCUT2D eigenvalue weighted by Crippen LogP contribution is 2.18. The molecule has 0 N–H and O–H groups in total. The van der Waals surface area contributed by atoms with E-state index in [4.69, 9.17) is 20.8 Å². The minimum Gasteiger partial charge on any atom is -0.453 e. The van der Waals surface area contributed by atoms with Gasteiger partial charge in [0.05, 0.1) is 0 Å². The maximum Gasteiger partial charge on any atom is 0.289 e. The van der Waals surface area contributed by atoms with Crippen LogP contribution in [0.5, 0.6) is 0 Å². The van der Waals surface area contributed by atoms with Gasteiger partial charge in [0.25, 0.3) is 5.91 Å². The highest BCUT2D eigenvalue weighted by molar-refractivity contribution is 6.29. The molecule has 0 aliphatic carbocycles. The lowest BCUT2D eigenvalue weighted by molar-refractivity contribution is 0.0707. The highest BCUT2D eigenvalue weighted by atomic mass is 35.5. The molecule has 2 aromatic heterocycles. The number of methoxy groups -OCH3 is 1. The van der Waals surface area contributed by atoms with Crippen molar-refractivity contribution in [1.82, 2.24) is 14.9 Å². The van der Waals surface area contributed by atoms with Gasteiger partial charge in [0.1, 0.15) is 29.7 Å². The first kappa shape index (κ1) is 15.8. The fraction of sp³-hybridized carbons (Fsp3) is 0.400. The summed E-state index contributed by atoms with van der Waals surface area (Å²) in [5, 5.41) is 0.412. The van der Waals surface area contributed by atoms with Gasteiger partial charge in [-0.3, -0.25) is 4.79 Å². The van der Waals surface area contributed by atoms with Gasteiger partial charge in [-0.2, -0.15) is 0 Å². The Morgan fingerprint density at radius 1 is 1.30 bits per heavy atom. The van der Waals surface area contributed by atoms with Crippen LogP contribution in [0, 0.1) is 0 Å². The van der Waals surface area contributed by atoms with Gasteiger partial charge in [-0.1, -0.05) is 11.6 Å². The fourth-order valence-corrected chi connectivity index (χ4v) is 2.65. The summed E-state index contributed by atoms with van der Waals surface area (Å²) in [4.78, 5) is 24.4. The van der Waals surface area contributed by atoms with E-state index in [1.165, 1.54) is 6.33 Å². The lowest BCUT2D eigenvalue weighted by Gasteiger charge is -2.34. The Hall–Kier alpha value is -2.12. The zero-order valence-corrected chi connectivity index (χ0v) is 13.5. The van der Waals surface area contributed by atoms with E-state index in [9.17, 15) is 4.79 Å². The molecule has 8 heteroatoms. The summed E-state index contributed by atoms with van der Waals surface area (Å²) in [7, 11) is 1.59. The predicted molar refractivity (Wildman–Crippen MR) is 84.6 cm³/mol. The van der Waals surface area contributed by atoms with Crippen LogP contribution in [0.4, 0.5) is 5.82 Å². The van der Waals surface area contributed by atoms with Crippen molar-refractivity contribution in [2.45, 2.75) is 6.61 Å². The van der Waals surface area contributed by atoms with E-state index in [0.29, 0.717) is 49.5 Å². The number of halogens is 1. The highest BCUT2D eigenvalue weighted by Gasteiger charge is 2.25. The Labute approximate surface area is 138 Å². The molecule has 0 saturated carbocycles. The number of carbonyl (C=O) groups excluding carboxylic acids is 1. The van der Waals surface area contributed by atoms with Gasteiger partial charge in [0.2, 0.25) is 0 Å². The zero-order valence-electron chi connectivity index (χ0n) is 12.7. The summed E-state index contributed by atoms with van der Waals surface area (Å²) < 4.78 is 10.5. The van der Waals surface area contributed by atoms with Crippen LogP contribution >= 0.6 is 11.6 Å². The standard InChI is InChI=1S/C15H17ClN4O3/c1-22-9-11-2-3-12(23-11)15(21)20-6-4-19(5-7-20)14-8-13(16)17-10-18-14/h2-3,8,10H,4-7,9H2,1H3. The molecule has 1 aliphatic rings. The topological polar surface area (TPSA) is 71.7 Å². The third-order valence-corrected chi connectivity index (χ3v) is 3.88. The number of carbonyl (C=O) groups is 1. The summed E-state index contributed by atoms with van der Waals surface area (Å²) in [6, 6.07) is 5.17. The Balaban J connectivity index is 1.60. The third kappa shape index (κ3) is 3.62. The van der Waals surface area contributed by atoms with Crippen molar-refractivity contribution in [3.8, 4) is 0 Å². The van der Waals surface area contributed by atoms with Crippen LogP contribution in [0.15, 0.2) is 28.9 Å². The molecule has 0 radical (unpaired) electrons. The van der Waals surface area contributed by atoms with Crippen molar-refractivity contribution >= 4 is 23.3 Å². The Kier molecular flexibility index (Phi) is 4.78. The molecular weight excluding hydrogens is 320 g/mol. The van der Waals surface area contributed by atoms with Gasteiger partial charge >= 0.3 is 0 Å². The second-order valence-corrected chi connectivity index (χ2v) is 5.56. The van der Waals surface area contributed by atoms with Crippen molar-refractivity contribution < 1.29 is 13.9 Å². The fourth-order valence-electron chi connectivity index (χ4n) is 2.50. The summed E-state index contributed by atoms with van der Waals surface area (Å²) in [5.41, 5.74) is 0. The number of rotatable bonds is 4. The lowest BCUT2D eigenvalue weighted by atomic mass is 10.3. The van der Waals surface area contributed by atoms with E-state index < -0.39 is 0 Å². The number of aromatic nitrogens is 2. The molecule has 0 unspecified atom stereocenters. The average molecular weight is 337 g/mol. The van der Waals surface area contributed by atoms with Crippen LogP contribution in [-0.2, 0) is 11.3 Å². The monoisotopic (exact) mass is 336 g/mol. The number of anilines is 1. The molecule has 2 aromatic rings. The van der Waals surface area contributed by atoms with Crippen molar-refractivity contribution in [1.29, 1.82) is 0 Å². The van der Waals surface area contributed by atoms with E-state index >= 15 is 0 Å². The molecule has 1 amide bonds. The number of piperazine rings is 1. The summed E-state index contributed by atoms with van der Waals surface area (Å²) >= 11 is 5.89. The predicted octanol–water partition coefficient (Wildman–Crippen LogP) is 1.83. The van der Waals surface area contributed by atoms with E-state index in [1.807, 2.05) is 0 Å². The molecular formula is C15H17ClN4O3. The van der Waals surface area contributed by atoms with Gasteiger partial charge in [0, 0.05) is 39.4 Å².